The van der Waals surface area contributed by atoms with E-state index in [2.05, 4.69) is 51.2 Å². The highest BCUT2D eigenvalue weighted by Gasteiger charge is 2.36. The molecule has 1 heterocycles. The Bertz CT molecular complexity index is 1160. The monoisotopic (exact) mass is 857 g/mol. The summed E-state index contributed by atoms with van der Waals surface area (Å²) in [4.78, 5) is 35.1. The van der Waals surface area contributed by atoms with E-state index in [0.29, 0.717) is 31.5 Å². The Morgan fingerprint density at radius 1 is 0.678 bits per heavy atom. The van der Waals surface area contributed by atoms with Crippen molar-refractivity contribution in [2.24, 2.45) is 5.92 Å². The van der Waals surface area contributed by atoms with Gasteiger partial charge in [-0.2, -0.15) is 0 Å². The maximum absolute atomic E-state index is 12.6. The molecule has 1 aliphatic heterocycles. The molecular weight excluding hydrogens is 771 g/mol. The molecule has 344 valence electrons. The van der Waals surface area contributed by atoms with Crippen LogP contribution in [0.5, 0.6) is 0 Å². The van der Waals surface area contributed by atoms with Crippen molar-refractivity contribution in [1.82, 2.24) is 0 Å². The van der Waals surface area contributed by atoms with Gasteiger partial charge in [-0.05, 0) is 50.9 Å². The van der Waals surface area contributed by atoms with E-state index in [0.717, 1.165) is 44.4 Å². The van der Waals surface area contributed by atoms with Gasteiger partial charge < -0.3 is 29.3 Å². The summed E-state index contributed by atoms with van der Waals surface area (Å²) >= 11 is 0. The lowest BCUT2D eigenvalue weighted by Gasteiger charge is -2.20. The van der Waals surface area contributed by atoms with Crippen LogP contribution in [0.2, 0.25) is 0 Å². The molecule has 0 saturated carbocycles. The largest absolute Gasteiger partial charge is 0.472 e. The summed E-state index contributed by atoms with van der Waals surface area (Å²) < 4.78 is 38.5. The molecule has 0 spiro atoms. The van der Waals surface area contributed by atoms with Crippen LogP contribution in [-0.4, -0.2) is 77.9 Å². The van der Waals surface area contributed by atoms with E-state index in [1.165, 1.54) is 103 Å². The van der Waals surface area contributed by atoms with Gasteiger partial charge in [0.1, 0.15) is 12.7 Å². The molecule has 0 aromatic carbocycles. The number of epoxide rings is 1. The first-order chi connectivity index (χ1) is 28.6. The van der Waals surface area contributed by atoms with Crippen molar-refractivity contribution in [3.8, 4) is 0 Å². The summed E-state index contributed by atoms with van der Waals surface area (Å²) in [6, 6.07) is 0. The van der Waals surface area contributed by atoms with Crippen molar-refractivity contribution in [2.75, 3.05) is 26.4 Å². The quantitative estimate of drug-likeness (QED) is 0.0176. The van der Waals surface area contributed by atoms with E-state index in [9.17, 15) is 24.2 Å². The van der Waals surface area contributed by atoms with Gasteiger partial charge in [-0.3, -0.25) is 18.6 Å². The van der Waals surface area contributed by atoms with Gasteiger partial charge in [0.25, 0.3) is 0 Å². The highest BCUT2D eigenvalue weighted by atomic mass is 31.2. The van der Waals surface area contributed by atoms with Crippen LogP contribution < -0.4 is 0 Å². The lowest BCUT2D eigenvalue weighted by molar-refractivity contribution is -0.161. The first kappa shape index (κ1) is 55.2. The highest BCUT2D eigenvalue weighted by molar-refractivity contribution is 7.47. The Morgan fingerprint density at radius 2 is 1.24 bits per heavy atom. The summed E-state index contributed by atoms with van der Waals surface area (Å²) in [5.74, 6) is -0.121. The molecule has 0 bridgehead atoms. The van der Waals surface area contributed by atoms with Gasteiger partial charge in [0.15, 0.2) is 6.10 Å². The molecule has 12 heteroatoms. The number of esters is 2. The highest BCUT2D eigenvalue weighted by Crippen LogP contribution is 2.43. The third-order valence-corrected chi connectivity index (χ3v) is 11.7. The van der Waals surface area contributed by atoms with Crippen molar-refractivity contribution < 1.29 is 52.5 Å². The maximum atomic E-state index is 12.6. The fourth-order valence-corrected chi connectivity index (χ4v) is 7.43. The summed E-state index contributed by atoms with van der Waals surface area (Å²) in [6.45, 7) is 4.67. The van der Waals surface area contributed by atoms with Crippen molar-refractivity contribution in [2.45, 2.75) is 219 Å². The smallest absolute Gasteiger partial charge is 0.462 e. The van der Waals surface area contributed by atoms with Crippen LogP contribution in [0.4, 0.5) is 0 Å². The number of ether oxygens (including phenoxy) is 3. The van der Waals surface area contributed by atoms with Gasteiger partial charge in [0.05, 0.1) is 32.0 Å². The van der Waals surface area contributed by atoms with E-state index < -0.39 is 51.8 Å². The Balaban J connectivity index is 2.24. The number of unbranched alkanes of at least 4 members (excludes halogenated alkanes) is 16. The Kier molecular flexibility index (Phi) is 35.4. The van der Waals surface area contributed by atoms with Gasteiger partial charge in [-0.25, -0.2) is 4.57 Å². The molecule has 0 aromatic heterocycles. The Morgan fingerprint density at radius 3 is 1.85 bits per heavy atom. The van der Waals surface area contributed by atoms with Gasteiger partial charge in [0, 0.05) is 12.8 Å². The third-order valence-electron chi connectivity index (χ3n) is 10.8. The normalized spacial score (nSPS) is 18.1. The second-order valence-corrected chi connectivity index (χ2v) is 17.9. The first-order valence-electron chi connectivity index (χ1n) is 23.5. The van der Waals surface area contributed by atoms with Gasteiger partial charge >= 0.3 is 19.8 Å². The van der Waals surface area contributed by atoms with E-state index in [1.807, 2.05) is 6.08 Å². The molecule has 1 rings (SSSR count). The van der Waals surface area contributed by atoms with E-state index in [4.69, 9.17) is 28.4 Å². The zero-order valence-corrected chi connectivity index (χ0v) is 38.2. The van der Waals surface area contributed by atoms with Gasteiger partial charge in [0.2, 0.25) is 0 Å². The summed E-state index contributed by atoms with van der Waals surface area (Å²) in [6.07, 6.45) is 40.0. The van der Waals surface area contributed by atoms with E-state index in [-0.39, 0.29) is 19.4 Å². The average Bonchev–Trinajstić information content (AvgIpc) is 3.98. The molecule has 1 fully saturated rings. The fraction of sp³-hybridized carbons (Fsp3) is 0.830. The number of hydrogen-bond acceptors (Lipinski definition) is 10. The topological polar surface area (TPSA) is 161 Å². The molecule has 11 nitrogen and oxygen atoms in total. The van der Waals surface area contributed by atoms with E-state index >= 15 is 0 Å². The molecular formula is C47H85O11P. The van der Waals surface area contributed by atoms with Crippen LogP contribution in [0.1, 0.15) is 194 Å². The molecule has 0 aromatic rings. The molecule has 3 N–H and O–H groups in total. The van der Waals surface area contributed by atoms with Gasteiger partial charge in [-0.1, -0.05) is 173 Å². The lowest BCUT2D eigenvalue weighted by atomic mass is 9.99. The molecule has 0 aliphatic carbocycles. The molecule has 59 heavy (non-hydrogen) atoms. The summed E-state index contributed by atoms with van der Waals surface area (Å²) in [7, 11) is -4.63. The van der Waals surface area contributed by atoms with Crippen LogP contribution >= 0.6 is 7.82 Å². The fourth-order valence-electron chi connectivity index (χ4n) is 6.64. The van der Waals surface area contributed by atoms with Gasteiger partial charge in [-0.15, -0.1) is 0 Å². The van der Waals surface area contributed by atoms with Crippen molar-refractivity contribution in [3.05, 3.63) is 36.5 Å². The molecule has 4 unspecified atom stereocenters. The SMILES string of the molecule is CCCCCC1OC1C/C=C\C/C=C\C/C=C\CCCC(=O)OC[C@H](COP(=O)(O)OC[C@@H](O)CO)OC(=O)CCCCCCCCCCCCCCCCC(C)CC. The molecule has 0 amide bonds. The van der Waals surface area contributed by atoms with Crippen molar-refractivity contribution in [1.29, 1.82) is 0 Å². The predicted octanol–water partition coefficient (Wildman–Crippen LogP) is 11.6. The number of phosphoric ester groups is 1. The van der Waals surface area contributed by atoms with Crippen molar-refractivity contribution >= 4 is 19.8 Å². The third kappa shape index (κ3) is 35.4. The number of phosphoric acid groups is 1. The Labute approximate surface area is 358 Å². The molecule has 6 atom stereocenters. The van der Waals surface area contributed by atoms with Crippen LogP contribution in [-0.2, 0) is 37.4 Å². The number of carbonyl (C=O) groups is 2. The zero-order chi connectivity index (χ0) is 43.2. The van der Waals surface area contributed by atoms with Crippen LogP contribution in [0.3, 0.4) is 0 Å². The number of aliphatic hydroxyl groups is 2. The van der Waals surface area contributed by atoms with Crippen molar-refractivity contribution in [3.63, 3.8) is 0 Å². The standard InChI is InChI=1S/C47H85O11P/c1-4-6-27-33-44-45(58-44)34-29-24-20-16-13-14-17-21-25-30-35-46(50)54-39-43(40-56-59(52,53)55-38-42(49)37-48)57-47(51)36-31-26-22-18-12-10-8-7-9-11-15-19-23-28-32-41(3)5-2/h13,16-17,21,24,29,41-45,48-49H,4-12,14-15,18-20,22-23,25-28,30-40H2,1-3H3,(H,52,53)/b16-13-,21-17-,29-24-/t41?,42-,43+,44?,45?/m0/s1. The second-order valence-electron chi connectivity index (χ2n) is 16.4. The molecule has 0 radical (unpaired) electrons. The number of carbonyl (C=O) groups excluding carboxylic acids is 2. The Hall–Kier alpha value is -1.85. The number of allylic oxidation sites excluding steroid dienone is 5. The maximum Gasteiger partial charge on any atom is 0.472 e. The second kappa shape index (κ2) is 37.9. The van der Waals surface area contributed by atoms with Crippen LogP contribution in [0, 0.1) is 5.92 Å². The minimum absolute atomic E-state index is 0.163. The average molecular weight is 857 g/mol. The van der Waals surface area contributed by atoms with Crippen LogP contribution in [0.15, 0.2) is 36.5 Å². The number of hydrogen-bond donors (Lipinski definition) is 3. The number of rotatable bonds is 42. The summed E-state index contributed by atoms with van der Waals surface area (Å²) in [5, 5.41) is 18.4. The van der Waals surface area contributed by atoms with E-state index in [1.54, 1.807) is 0 Å². The summed E-state index contributed by atoms with van der Waals surface area (Å²) in [5.41, 5.74) is 0. The molecule has 1 saturated heterocycles. The zero-order valence-electron chi connectivity index (χ0n) is 37.3. The first-order valence-corrected chi connectivity index (χ1v) is 25.0. The molecule has 1 aliphatic rings. The van der Waals surface area contributed by atoms with Crippen LogP contribution in [0.25, 0.3) is 0 Å². The number of aliphatic hydroxyl groups excluding tert-OH is 2. The predicted molar refractivity (Wildman–Crippen MR) is 237 cm³/mol. The minimum atomic E-state index is -4.63. The lowest BCUT2D eigenvalue weighted by Crippen LogP contribution is -2.29. The minimum Gasteiger partial charge on any atom is -0.462 e.